The van der Waals surface area contributed by atoms with Gasteiger partial charge in [0.15, 0.2) is 0 Å². The normalized spacial score (nSPS) is 17.6. The third-order valence-electron chi connectivity index (χ3n) is 4.26. The van der Waals surface area contributed by atoms with Crippen LogP contribution >= 0.6 is 0 Å². The largest absolute Gasteiger partial charge is 0.326 e. The molecule has 116 valence electrons. The second-order valence-corrected chi connectivity index (χ2v) is 5.61. The molecule has 0 aromatic heterocycles. The fourth-order valence-electron chi connectivity index (χ4n) is 2.55. The lowest BCUT2D eigenvalue weighted by Gasteiger charge is -2.37. The molecule has 21 heavy (non-hydrogen) atoms. The number of carbonyl (C=O) groups is 1. The lowest BCUT2D eigenvalue weighted by atomic mass is 10.2. The Morgan fingerprint density at radius 3 is 2.38 bits per heavy atom. The van der Waals surface area contributed by atoms with Gasteiger partial charge >= 0.3 is 6.03 Å². The van der Waals surface area contributed by atoms with Gasteiger partial charge in [0.25, 0.3) is 0 Å². The number of urea groups is 1. The van der Waals surface area contributed by atoms with E-state index >= 15 is 0 Å². The lowest BCUT2D eigenvalue weighted by Crippen LogP contribution is -2.52. The Balaban J connectivity index is 1.84. The summed E-state index contributed by atoms with van der Waals surface area (Å²) in [5.74, 6) is 0. The van der Waals surface area contributed by atoms with Crippen molar-refractivity contribution in [2.24, 2.45) is 5.73 Å². The molecule has 2 amide bonds. The molecule has 0 bridgehead atoms. The monoisotopic (exact) mass is 290 g/mol. The number of carbonyl (C=O) groups excluding carboxylic acids is 1. The average molecular weight is 290 g/mol. The fraction of sp³-hybridized carbons (Fsp3) is 0.562. The van der Waals surface area contributed by atoms with Crippen LogP contribution < -0.4 is 11.1 Å². The predicted octanol–water partition coefficient (Wildman–Crippen LogP) is 2.09. The number of piperazine rings is 1. The maximum atomic E-state index is 12.2. The smallest absolute Gasteiger partial charge is 0.321 e. The van der Waals surface area contributed by atoms with Crippen molar-refractivity contribution in [1.29, 1.82) is 0 Å². The highest BCUT2D eigenvalue weighted by molar-refractivity contribution is 5.89. The Kier molecular flexibility index (Phi) is 5.59. The first-order chi connectivity index (χ1) is 10.1. The van der Waals surface area contributed by atoms with Gasteiger partial charge in [-0.1, -0.05) is 19.1 Å². The first-order valence-electron chi connectivity index (χ1n) is 7.73. The van der Waals surface area contributed by atoms with Gasteiger partial charge in [-0.25, -0.2) is 4.79 Å². The molecule has 2 rings (SSSR count). The van der Waals surface area contributed by atoms with E-state index in [9.17, 15) is 4.79 Å². The first-order valence-corrected chi connectivity index (χ1v) is 7.73. The molecule has 0 spiro atoms. The summed E-state index contributed by atoms with van der Waals surface area (Å²) in [6, 6.07) is 8.26. The van der Waals surface area contributed by atoms with Gasteiger partial charge < -0.3 is 16.0 Å². The Hall–Kier alpha value is -1.59. The maximum absolute atomic E-state index is 12.2. The molecule has 5 heteroatoms. The zero-order valence-corrected chi connectivity index (χ0v) is 13.0. The van der Waals surface area contributed by atoms with Crippen LogP contribution in [0.5, 0.6) is 0 Å². The van der Waals surface area contributed by atoms with E-state index in [0.29, 0.717) is 12.6 Å². The minimum atomic E-state index is -0.0145. The van der Waals surface area contributed by atoms with Gasteiger partial charge in [0.1, 0.15) is 0 Å². The Bertz CT molecular complexity index is 452. The third kappa shape index (κ3) is 4.19. The lowest BCUT2D eigenvalue weighted by molar-refractivity contribution is 0.117. The molecule has 1 aromatic rings. The van der Waals surface area contributed by atoms with E-state index in [4.69, 9.17) is 5.73 Å². The second-order valence-electron chi connectivity index (χ2n) is 5.61. The van der Waals surface area contributed by atoms with E-state index in [-0.39, 0.29) is 6.03 Å². The van der Waals surface area contributed by atoms with E-state index in [1.54, 1.807) is 0 Å². The zero-order chi connectivity index (χ0) is 15.2. The van der Waals surface area contributed by atoms with Crippen LogP contribution in [0.2, 0.25) is 0 Å². The summed E-state index contributed by atoms with van der Waals surface area (Å²) in [6.45, 7) is 8.45. The van der Waals surface area contributed by atoms with Gasteiger partial charge in [-0.15, -0.1) is 0 Å². The molecule has 0 radical (unpaired) electrons. The highest BCUT2D eigenvalue weighted by atomic mass is 16.2. The van der Waals surface area contributed by atoms with E-state index in [0.717, 1.165) is 43.9 Å². The van der Waals surface area contributed by atoms with E-state index in [1.165, 1.54) is 0 Å². The predicted molar refractivity (Wildman–Crippen MR) is 86.3 cm³/mol. The summed E-state index contributed by atoms with van der Waals surface area (Å²) in [5.41, 5.74) is 7.45. The summed E-state index contributed by atoms with van der Waals surface area (Å²) in [7, 11) is 0. The van der Waals surface area contributed by atoms with Crippen molar-refractivity contribution in [3.8, 4) is 0 Å². The van der Waals surface area contributed by atoms with Crippen molar-refractivity contribution in [3.05, 3.63) is 29.8 Å². The number of hydrogen-bond acceptors (Lipinski definition) is 3. The SMILES string of the molecule is CCC(C)N1CCN(C(=O)Nc2ccc(CN)cc2)CC1. The molecule has 1 aliphatic heterocycles. The summed E-state index contributed by atoms with van der Waals surface area (Å²) in [4.78, 5) is 16.6. The van der Waals surface area contributed by atoms with Crippen LogP contribution in [0.3, 0.4) is 0 Å². The Morgan fingerprint density at radius 1 is 1.24 bits per heavy atom. The molecular weight excluding hydrogens is 264 g/mol. The number of amides is 2. The molecule has 3 N–H and O–H groups in total. The average Bonchev–Trinajstić information content (AvgIpc) is 2.55. The van der Waals surface area contributed by atoms with Gasteiger partial charge in [0.05, 0.1) is 0 Å². The molecule has 1 aromatic carbocycles. The molecule has 0 saturated carbocycles. The molecule has 1 unspecified atom stereocenters. The quantitative estimate of drug-likeness (QED) is 0.892. The van der Waals surface area contributed by atoms with E-state index in [2.05, 4.69) is 24.1 Å². The van der Waals surface area contributed by atoms with Crippen molar-refractivity contribution in [3.63, 3.8) is 0 Å². The van der Waals surface area contributed by atoms with Crippen molar-refractivity contribution < 1.29 is 4.79 Å². The van der Waals surface area contributed by atoms with Crippen molar-refractivity contribution in [2.75, 3.05) is 31.5 Å². The van der Waals surface area contributed by atoms with Crippen molar-refractivity contribution in [1.82, 2.24) is 9.80 Å². The molecule has 5 nitrogen and oxygen atoms in total. The molecule has 1 aliphatic rings. The second kappa shape index (κ2) is 7.43. The van der Waals surface area contributed by atoms with E-state index < -0.39 is 0 Å². The van der Waals surface area contributed by atoms with Crippen LogP contribution in [-0.2, 0) is 6.54 Å². The number of nitrogens with one attached hydrogen (secondary N) is 1. The highest BCUT2D eigenvalue weighted by Gasteiger charge is 2.23. The summed E-state index contributed by atoms with van der Waals surface area (Å²) < 4.78 is 0. The maximum Gasteiger partial charge on any atom is 0.321 e. The molecule has 0 aliphatic carbocycles. The molecule has 1 atom stereocenters. The van der Waals surface area contributed by atoms with Gasteiger partial charge in [-0.2, -0.15) is 0 Å². The van der Waals surface area contributed by atoms with Crippen LogP contribution in [0.25, 0.3) is 0 Å². The molecule has 1 fully saturated rings. The summed E-state index contributed by atoms with van der Waals surface area (Å²) in [6.07, 6.45) is 1.15. The van der Waals surface area contributed by atoms with Gasteiger partial charge in [-0.05, 0) is 31.0 Å². The molecule has 1 heterocycles. The van der Waals surface area contributed by atoms with Crippen molar-refractivity contribution >= 4 is 11.7 Å². The number of nitrogens with zero attached hydrogens (tertiary/aromatic N) is 2. The number of hydrogen-bond donors (Lipinski definition) is 2. The Labute approximate surface area is 127 Å². The van der Waals surface area contributed by atoms with Crippen LogP contribution in [0.4, 0.5) is 10.5 Å². The van der Waals surface area contributed by atoms with Crippen LogP contribution in [0.15, 0.2) is 24.3 Å². The topological polar surface area (TPSA) is 61.6 Å². The number of nitrogens with two attached hydrogens (primary N) is 1. The summed E-state index contributed by atoms with van der Waals surface area (Å²) >= 11 is 0. The summed E-state index contributed by atoms with van der Waals surface area (Å²) in [5, 5.41) is 2.95. The van der Waals surface area contributed by atoms with Gasteiger partial charge in [-0.3, -0.25) is 4.90 Å². The first kappa shape index (κ1) is 15.8. The standard InChI is InChI=1S/C16H26N4O/c1-3-13(2)19-8-10-20(11-9-19)16(21)18-15-6-4-14(12-17)5-7-15/h4-7,13H,3,8-12,17H2,1-2H3,(H,18,21). The molecule has 1 saturated heterocycles. The van der Waals surface area contributed by atoms with E-state index in [1.807, 2.05) is 29.2 Å². The minimum absolute atomic E-state index is 0.0145. The third-order valence-corrected chi connectivity index (χ3v) is 4.26. The Morgan fingerprint density at radius 2 is 1.86 bits per heavy atom. The van der Waals surface area contributed by atoms with Gasteiger partial charge in [0, 0.05) is 44.5 Å². The minimum Gasteiger partial charge on any atom is -0.326 e. The van der Waals surface area contributed by atoms with Gasteiger partial charge in [0.2, 0.25) is 0 Å². The highest BCUT2D eigenvalue weighted by Crippen LogP contribution is 2.12. The number of benzene rings is 1. The fourth-order valence-corrected chi connectivity index (χ4v) is 2.55. The number of anilines is 1. The van der Waals surface area contributed by atoms with Crippen molar-refractivity contribution in [2.45, 2.75) is 32.9 Å². The molecular formula is C16H26N4O. The number of rotatable bonds is 4. The van der Waals surface area contributed by atoms with Crippen LogP contribution in [-0.4, -0.2) is 48.1 Å². The van der Waals surface area contributed by atoms with Crippen LogP contribution in [0, 0.1) is 0 Å². The van der Waals surface area contributed by atoms with Crippen LogP contribution in [0.1, 0.15) is 25.8 Å². The zero-order valence-electron chi connectivity index (χ0n) is 13.0.